The highest BCUT2D eigenvalue weighted by Crippen LogP contribution is 2.52. The van der Waals surface area contributed by atoms with Gasteiger partial charge in [0, 0.05) is 32.3 Å². The van der Waals surface area contributed by atoms with Crippen LogP contribution in [0.15, 0.2) is 36.4 Å². The molecule has 1 heterocycles. The molecule has 1 unspecified atom stereocenters. The largest absolute Gasteiger partial charge is 0.416 e. The van der Waals surface area contributed by atoms with Crippen LogP contribution in [0.3, 0.4) is 0 Å². The second-order valence-corrected chi connectivity index (χ2v) is 10.3. The Morgan fingerprint density at radius 1 is 1.21 bits per heavy atom. The molecule has 178 valence electrons. The van der Waals surface area contributed by atoms with Crippen LogP contribution in [0.2, 0.25) is 5.02 Å². The van der Waals surface area contributed by atoms with Gasteiger partial charge in [0.05, 0.1) is 11.3 Å². The minimum atomic E-state index is -4.75. The second-order valence-electron chi connectivity index (χ2n) is 8.66. The molecule has 1 aliphatic heterocycles. The Kier molecular flexibility index (Phi) is 6.76. The molecule has 0 radical (unpaired) electrons. The Balaban J connectivity index is 1.79. The van der Waals surface area contributed by atoms with Crippen molar-refractivity contribution in [2.24, 2.45) is 5.92 Å². The van der Waals surface area contributed by atoms with Gasteiger partial charge in [-0.2, -0.15) is 13.2 Å². The van der Waals surface area contributed by atoms with E-state index in [4.69, 9.17) is 11.6 Å². The summed E-state index contributed by atoms with van der Waals surface area (Å²) in [5.41, 5.74) is -3.90. The fourth-order valence-electron chi connectivity index (χ4n) is 5.15. The molecule has 1 aliphatic carbocycles. The molecule has 9 heteroatoms. The molecule has 2 aromatic rings. The number of aliphatic hydroxyl groups is 1. The van der Waals surface area contributed by atoms with Crippen molar-refractivity contribution in [3.05, 3.63) is 61.7 Å². The number of carbonyl (C=O) groups excluding carboxylic acids is 1. The summed E-state index contributed by atoms with van der Waals surface area (Å²) in [7, 11) is 0. The lowest BCUT2D eigenvalue weighted by Crippen LogP contribution is -2.50. The summed E-state index contributed by atoms with van der Waals surface area (Å²) in [5.74, 6) is -0.641. The molecular weight excluding hydrogens is 568 g/mol. The van der Waals surface area contributed by atoms with Crippen molar-refractivity contribution in [2.75, 3.05) is 24.5 Å². The number of nitrogens with zero attached hydrogens (tertiary/aromatic N) is 2. The lowest BCUT2D eigenvalue weighted by Gasteiger charge is -2.43. The summed E-state index contributed by atoms with van der Waals surface area (Å²) in [5, 5.41) is 11.7. The first-order valence-corrected chi connectivity index (χ1v) is 12.4. The number of rotatable bonds is 6. The monoisotopic (exact) mass is 592 g/mol. The minimum absolute atomic E-state index is 0.0399. The molecule has 2 aliphatic rings. The van der Waals surface area contributed by atoms with Crippen LogP contribution < -0.4 is 4.90 Å². The third-order valence-electron chi connectivity index (χ3n) is 6.84. The van der Waals surface area contributed by atoms with Gasteiger partial charge in [-0.05, 0) is 72.6 Å². The third kappa shape index (κ3) is 4.17. The predicted octanol–water partition coefficient (Wildman–Crippen LogP) is 5.67. The van der Waals surface area contributed by atoms with Crippen LogP contribution in [-0.2, 0) is 16.6 Å². The number of alkyl halides is 3. The van der Waals surface area contributed by atoms with Crippen LogP contribution >= 0.6 is 34.2 Å². The van der Waals surface area contributed by atoms with Crippen LogP contribution in [-0.4, -0.2) is 41.6 Å². The van der Waals surface area contributed by atoms with Gasteiger partial charge < -0.3 is 14.9 Å². The highest BCUT2D eigenvalue weighted by atomic mass is 127. The van der Waals surface area contributed by atoms with Crippen molar-refractivity contribution in [3.63, 3.8) is 0 Å². The topological polar surface area (TPSA) is 43.8 Å². The van der Waals surface area contributed by atoms with E-state index in [9.17, 15) is 23.1 Å². The molecule has 1 fully saturated rings. The zero-order valence-electron chi connectivity index (χ0n) is 18.3. The van der Waals surface area contributed by atoms with Crippen LogP contribution in [0, 0.1) is 9.49 Å². The van der Waals surface area contributed by atoms with E-state index in [2.05, 4.69) is 18.7 Å². The summed E-state index contributed by atoms with van der Waals surface area (Å²) in [6.07, 6.45) is -3.02. The standard InChI is InChI=1S/C24H25ClF3IN2O2/c1-3-30(4-2)16-9-14(10-16)13-31-20-12-15(29)11-18(24(26,27)28)21(20)23(33,22(31)32)17-7-5-6-8-19(17)25/h5-8,11-12,14,16,33H,3-4,9-10,13H2,1-2H3. The number of hydrogen-bond acceptors (Lipinski definition) is 3. The Bertz CT molecular complexity index is 1070. The molecule has 4 nitrogen and oxygen atoms in total. The van der Waals surface area contributed by atoms with Crippen LogP contribution in [0.1, 0.15) is 43.4 Å². The number of anilines is 1. The molecule has 1 saturated carbocycles. The molecular formula is C24H25ClF3IN2O2. The van der Waals surface area contributed by atoms with Gasteiger partial charge >= 0.3 is 6.18 Å². The molecule has 0 spiro atoms. The highest BCUT2D eigenvalue weighted by Gasteiger charge is 2.57. The van der Waals surface area contributed by atoms with Crippen molar-refractivity contribution in [2.45, 2.75) is 44.5 Å². The molecule has 0 saturated heterocycles. The van der Waals surface area contributed by atoms with Gasteiger partial charge in [0.25, 0.3) is 5.91 Å². The van der Waals surface area contributed by atoms with Crippen LogP contribution in [0.4, 0.5) is 18.9 Å². The van der Waals surface area contributed by atoms with E-state index in [-0.39, 0.29) is 28.7 Å². The number of amides is 1. The van der Waals surface area contributed by atoms with Crippen molar-refractivity contribution in [1.82, 2.24) is 4.90 Å². The van der Waals surface area contributed by atoms with E-state index >= 15 is 0 Å². The molecule has 1 N–H and O–H groups in total. The molecule has 1 atom stereocenters. The molecule has 0 aromatic heterocycles. The zero-order chi connectivity index (χ0) is 24.1. The summed E-state index contributed by atoms with van der Waals surface area (Å²) >= 11 is 8.10. The molecule has 0 bridgehead atoms. The Morgan fingerprint density at radius 2 is 1.85 bits per heavy atom. The van der Waals surface area contributed by atoms with Crippen molar-refractivity contribution in [1.29, 1.82) is 0 Å². The maximum absolute atomic E-state index is 14.1. The maximum atomic E-state index is 14.1. The molecule has 33 heavy (non-hydrogen) atoms. The molecule has 2 aromatic carbocycles. The smallest absolute Gasteiger partial charge is 0.372 e. The van der Waals surface area contributed by atoms with Gasteiger partial charge in [-0.25, -0.2) is 0 Å². The predicted molar refractivity (Wildman–Crippen MR) is 130 cm³/mol. The van der Waals surface area contributed by atoms with Gasteiger partial charge in [0.1, 0.15) is 0 Å². The summed E-state index contributed by atoms with van der Waals surface area (Å²) in [6, 6.07) is 8.95. The van der Waals surface area contributed by atoms with E-state index in [1.54, 1.807) is 18.2 Å². The summed E-state index contributed by atoms with van der Waals surface area (Å²) in [4.78, 5) is 17.3. The third-order valence-corrected chi connectivity index (χ3v) is 7.79. The van der Waals surface area contributed by atoms with Crippen molar-refractivity contribution in [3.8, 4) is 0 Å². The first-order chi connectivity index (χ1) is 15.5. The number of fused-ring (bicyclic) bond motifs is 1. The SMILES string of the molecule is CCN(CC)C1CC(CN2C(=O)C(O)(c3ccccc3Cl)c3c2cc(I)cc3C(F)(F)F)C1. The fourth-order valence-corrected chi connectivity index (χ4v) is 6.03. The van der Waals surface area contributed by atoms with Gasteiger partial charge in [-0.15, -0.1) is 0 Å². The number of carbonyl (C=O) groups is 1. The van der Waals surface area contributed by atoms with Gasteiger partial charge in [-0.3, -0.25) is 4.79 Å². The van der Waals surface area contributed by atoms with E-state index in [1.807, 2.05) is 22.6 Å². The van der Waals surface area contributed by atoms with Gasteiger partial charge in [0.15, 0.2) is 5.60 Å². The fraction of sp³-hybridized carbons (Fsp3) is 0.458. The van der Waals surface area contributed by atoms with E-state index in [0.717, 1.165) is 32.0 Å². The summed E-state index contributed by atoms with van der Waals surface area (Å²) in [6.45, 7) is 6.31. The first kappa shape index (κ1) is 24.8. The maximum Gasteiger partial charge on any atom is 0.416 e. The van der Waals surface area contributed by atoms with Gasteiger partial charge in [0.2, 0.25) is 0 Å². The number of benzene rings is 2. The normalized spacial score (nSPS) is 24.9. The number of halogens is 5. The lowest BCUT2D eigenvalue weighted by molar-refractivity contribution is -0.142. The average Bonchev–Trinajstić information content (AvgIpc) is 2.93. The average molecular weight is 593 g/mol. The van der Waals surface area contributed by atoms with Crippen LogP contribution in [0.25, 0.3) is 0 Å². The molecule has 1 amide bonds. The van der Waals surface area contributed by atoms with Crippen molar-refractivity contribution >= 4 is 45.8 Å². The lowest BCUT2D eigenvalue weighted by atomic mass is 9.78. The summed E-state index contributed by atoms with van der Waals surface area (Å²) < 4.78 is 42.7. The van der Waals surface area contributed by atoms with E-state index < -0.39 is 28.8 Å². The Labute approximate surface area is 209 Å². The quantitative estimate of drug-likeness (QED) is 0.440. The zero-order valence-corrected chi connectivity index (χ0v) is 21.2. The first-order valence-electron chi connectivity index (χ1n) is 11.0. The minimum Gasteiger partial charge on any atom is -0.372 e. The second kappa shape index (κ2) is 9.02. The van der Waals surface area contributed by atoms with Crippen molar-refractivity contribution < 1.29 is 23.1 Å². The number of hydrogen-bond donors (Lipinski definition) is 1. The highest BCUT2D eigenvalue weighted by molar-refractivity contribution is 14.1. The van der Waals surface area contributed by atoms with E-state index in [1.165, 1.54) is 17.0 Å². The van der Waals surface area contributed by atoms with Crippen LogP contribution in [0.5, 0.6) is 0 Å². The van der Waals surface area contributed by atoms with E-state index in [0.29, 0.717) is 9.61 Å². The van der Waals surface area contributed by atoms with Gasteiger partial charge in [-0.1, -0.05) is 43.6 Å². The Morgan fingerprint density at radius 3 is 2.42 bits per heavy atom. The Hall–Kier alpha value is -1.36. The molecule has 4 rings (SSSR count).